The lowest BCUT2D eigenvalue weighted by Gasteiger charge is -2.27. The fourth-order valence-corrected chi connectivity index (χ4v) is 1.66. The van der Waals surface area contributed by atoms with Gasteiger partial charge in [-0.2, -0.15) is 0 Å². The Morgan fingerprint density at radius 2 is 1.82 bits per heavy atom. The highest BCUT2D eigenvalue weighted by atomic mass is 19.4. The second kappa shape index (κ2) is 4.41. The highest BCUT2D eigenvalue weighted by Crippen LogP contribution is 2.17. The summed E-state index contributed by atoms with van der Waals surface area (Å²) in [6.45, 7) is -4.24. The molecule has 0 N–H and O–H groups in total. The first-order chi connectivity index (χ1) is 7.98. The van der Waals surface area contributed by atoms with Crippen molar-refractivity contribution < 1.29 is 22.5 Å². The molecule has 0 radical (unpaired) electrons. The lowest BCUT2D eigenvalue weighted by atomic mass is 9.80. The van der Waals surface area contributed by atoms with Crippen molar-refractivity contribution in [2.75, 3.05) is 24.7 Å². The molecule has 2 rings (SSSR count). The molecule has 0 unspecified atom stereocenters. The predicted octanol–water partition coefficient (Wildman–Crippen LogP) is 1.10. The summed E-state index contributed by atoms with van der Waals surface area (Å²) in [6, 6.07) is 4.62. The summed E-state index contributed by atoms with van der Waals surface area (Å²) in [5, 5.41) is 0. The van der Waals surface area contributed by atoms with E-state index in [0.717, 1.165) is 12.1 Å². The molecule has 0 atom stereocenters. The Balaban J connectivity index is 2.20. The summed E-state index contributed by atoms with van der Waals surface area (Å²) in [5.74, 6) is -0.235. The maximum Gasteiger partial charge on any atom is 0.509 e. The Morgan fingerprint density at radius 3 is 2.35 bits per heavy atom. The number of halogens is 3. The van der Waals surface area contributed by atoms with Gasteiger partial charge in [0.25, 0.3) is 5.91 Å². The first kappa shape index (κ1) is 12.0. The number of benzene rings is 1. The molecule has 1 heterocycles. The van der Waals surface area contributed by atoms with Crippen LogP contribution in [0.1, 0.15) is 0 Å². The number of carbonyl (C=O) groups excluding carboxylic acids is 1. The number of anilines is 1. The third kappa shape index (κ3) is 2.61. The zero-order chi connectivity index (χ0) is 12.5. The van der Waals surface area contributed by atoms with Gasteiger partial charge < -0.3 is 22.6 Å². The average Bonchev–Trinajstić information content (AvgIpc) is 2.29. The van der Waals surface area contributed by atoms with Crippen molar-refractivity contribution in [2.45, 2.75) is 0 Å². The van der Waals surface area contributed by atoms with Gasteiger partial charge >= 0.3 is 6.98 Å². The fraction of sp³-hybridized carbons (Fsp3) is 0.300. The summed E-state index contributed by atoms with van der Waals surface area (Å²) < 4.78 is 42.1. The number of hydrogen-bond acceptors (Lipinski definition) is 2. The number of nitrogens with zero attached hydrogens (tertiary/aromatic N) is 1. The van der Waals surface area contributed by atoms with E-state index >= 15 is 0 Å². The van der Waals surface area contributed by atoms with E-state index in [1.807, 2.05) is 0 Å². The van der Waals surface area contributed by atoms with Gasteiger partial charge in [0.1, 0.15) is 6.61 Å². The van der Waals surface area contributed by atoms with E-state index < -0.39 is 12.4 Å². The monoisotopic (exact) mass is 244 g/mol. The van der Waals surface area contributed by atoms with Crippen LogP contribution in [0.3, 0.4) is 0 Å². The number of hydrogen-bond donors (Lipinski definition) is 0. The normalized spacial score (nSPS) is 17.4. The predicted molar refractivity (Wildman–Crippen MR) is 58.3 cm³/mol. The summed E-state index contributed by atoms with van der Waals surface area (Å²) in [4.78, 5) is 12.9. The van der Waals surface area contributed by atoms with Crippen LogP contribution in [0.2, 0.25) is 0 Å². The third-order valence-electron chi connectivity index (χ3n) is 2.57. The number of carbonyl (C=O) groups is 1. The zero-order valence-electron chi connectivity index (χ0n) is 8.91. The quantitative estimate of drug-likeness (QED) is 0.729. The van der Waals surface area contributed by atoms with Gasteiger partial charge in [0.05, 0.1) is 6.61 Å². The van der Waals surface area contributed by atoms with Crippen molar-refractivity contribution in [1.82, 2.24) is 0 Å². The first-order valence-corrected chi connectivity index (χ1v) is 5.16. The van der Waals surface area contributed by atoms with Gasteiger partial charge in [0, 0.05) is 12.2 Å². The minimum atomic E-state index is -4.98. The molecule has 3 nitrogen and oxygen atoms in total. The van der Waals surface area contributed by atoms with Crippen molar-refractivity contribution in [3.63, 3.8) is 0 Å². The van der Waals surface area contributed by atoms with Crippen molar-refractivity contribution in [1.29, 1.82) is 0 Å². The number of amides is 1. The second-order valence-electron chi connectivity index (χ2n) is 3.76. The molecule has 1 aliphatic heterocycles. The molecule has 1 saturated heterocycles. The first-order valence-electron chi connectivity index (χ1n) is 5.16. The number of ether oxygens (including phenoxy) is 1. The zero-order valence-corrected chi connectivity index (χ0v) is 8.91. The highest BCUT2D eigenvalue weighted by Gasteiger charge is 2.26. The molecule has 1 fully saturated rings. The van der Waals surface area contributed by atoms with Crippen LogP contribution in [-0.4, -0.2) is 32.6 Å². The summed E-state index contributed by atoms with van der Waals surface area (Å²) in [7, 11) is 0. The fourth-order valence-electron chi connectivity index (χ4n) is 1.66. The molecule has 1 aromatic rings. The van der Waals surface area contributed by atoms with Gasteiger partial charge in [-0.3, -0.25) is 4.79 Å². The number of morpholine rings is 1. The maximum absolute atomic E-state index is 12.4. The molecule has 0 aromatic heterocycles. The van der Waals surface area contributed by atoms with Crippen LogP contribution in [0.25, 0.3) is 0 Å². The van der Waals surface area contributed by atoms with Crippen LogP contribution < -0.4 is 10.4 Å². The van der Waals surface area contributed by atoms with Crippen LogP contribution in [-0.2, 0) is 9.53 Å². The van der Waals surface area contributed by atoms with Gasteiger partial charge in [-0.15, -0.1) is 5.46 Å². The van der Waals surface area contributed by atoms with Crippen molar-refractivity contribution in [3.8, 4) is 0 Å². The second-order valence-corrected chi connectivity index (χ2v) is 3.76. The SMILES string of the molecule is O=C1COCCN1c1ccc([B-](F)(F)F)cc1. The topological polar surface area (TPSA) is 29.5 Å². The lowest BCUT2D eigenvalue weighted by Crippen LogP contribution is -2.42. The molecular formula is C10H10BF3NO2-. The third-order valence-corrected chi connectivity index (χ3v) is 2.57. The van der Waals surface area contributed by atoms with Crippen LogP contribution >= 0.6 is 0 Å². The Kier molecular flexibility index (Phi) is 3.10. The lowest BCUT2D eigenvalue weighted by molar-refractivity contribution is -0.125. The Morgan fingerprint density at radius 1 is 1.18 bits per heavy atom. The molecule has 1 aromatic carbocycles. The van der Waals surface area contributed by atoms with E-state index in [9.17, 15) is 17.7 Å². The molecule has 17 heavy (non-hydrogen) atoms. The summed E-state index contributed by atoms with van der Waals surface area (Å²) >= 11 is 0. The molecule has 0 bridgehead atoms. The summed E-state index contributed by atoms with van der Waals surface area (Å²) in [5.41, 5.74) is -0.184. The molecule has 7 heteroatoms. The largest absolute Gasteiger partial charge is 0.509 e. The van der Waals surface area contributed by atoms with Crippen LogP contribution in [0.4, 0.5) is 18.6 Å². The standard InChI is InChI=1S/C10H10BF3NO2/c12-11(13,14)8-1-3-9(4-2-8)15-5-6-17-7-10(15)16/h1-4H,5-7H2/q-1. The Hall–Kier alpha value is -1.50. The molecular weight excluding hydrogens is 234 g/mol. The van der Waals surface area contributed by atoms with Crippen molar-refractivity contribution in [3.05, 3.63) is 24.3 Å². The van der Waals surface area contributed by atoms with Crippen LogP contribution in [0, 0.1) is 0 Å². The molecule has 0 aliphatic carbocycles. The molecule has 1 amide bonds. The maximum atomic E-state index is 12.4. The van der Waals surface area contributed by atoms with E-state index in [4.69, 9.17) is 4.74 Å². The van der Waals surface area contributed by atoms with Crippen LogP contribution in [0.5, 0.6) is 0 Å². The van der Waals surface area contributed by atoms with Crippen molar-refractivity contribution >= 4 is 24.0 Å². The minimum Gasteiger partial charge on any atom is -0.445 e. The van der Waals surface area contributed by atoms with E-state index in [1.165, 1.54) is 17.0 Å². The van der Waals surface area contributed by atoms with Gasteiger partial charge in [0.2, 0.25) is 0 Å². The van der Waals surface area contributed by atoms with E-state index in [1.54, 1.807) is 0 Å². The van der Waals surface area contributed by atoms with Gasteiger partial charge in [-0.05, 0) is 12.1 Å². The van der Waals surface area contributed by atoms with Gasteiger partial charge in [0.15, 0.2) is 0 Å². The molecule has 1 aliphatic rings. The van der Waals surface area contributed by atoms with Gasteiger partial charge in [-0.1, -0.05) is 12.1 Å². The van der Waals surface area contributed by atoms with E-state index in [-0.39, 0.29) is 12.5 Å². The summed E-state index contributed by atoms with van der Waals surface area (Å²) in [6.07, 6.45) is 0. The van der Waals surface area contributed by atoms with E-state index in [2.05, 4.69) is 0 Å². The highest BCUT2D eigenvalue weighted by molar-refractivity contribution is 6.73. The Bertz CT molecular complexity index is 419. The smallest absolute Gasteiger partial charge is 0.445 e. The molecule has 0 spiro atoms. The van der Waals surface area contributed by atoms with Gasteiger partial charge in [-0.25, -0.2) is 0 Å². The van der Waals surface area contributed by atoms with Crippen LogP contribution in [0.15, 0.2) is 24.3 Å². The Labute approximate surface area is 96.2 Å². The van der Waals surface area contributed by atoms with E-state index in [0.29, 0.717) is 18.8 Å². The molecule has 0 saturated carbocycles. The minimum absolute atomic E-state index is 0.0229. The average molecular weight is 244 g/mol. The number of rotatable bonds is 2. The van der Waals surface area contributed by atoms with Crippen molar-refractivity contribution in [2.24, 2.45) is 0 Å². The molecule has 92 valence electrons.